The monoisotopic (exact) mass is 309 g/mol. The Bertz CT molecular complexity index is 917. The first-order valence-corrected chi connectivity index (χ1v) is 7.38. The predicted molar refractivity (Wildman–Crippen MR) is 83.4 cm³/mol. The van der Waals surface area contributed by atoms with Gasteiger partial charge in [0.05, 0.1) is 22.7 Å². The zero-order chi connectivity index (χ0) is 16.0. The molecule has 4 rings (SSSR count). The highest BCUT2D eigenvalue weighted by molar-refractivity contribution is 5.97. The smallest absolute Gasteiger partial charge is 0.257 e. The van der Waals surface area contributed by atoms with Crippen LogP contribution >= 0.6 is 0 Å². The van der Waals surface area contributed by atoms with Gasteiger partial charge in [-0.05, 0) is 26.0 Å². The van der Waals surface area contributed by atoms with Gasteiger partial charge in [-0.3, -0.25) is 4.79 Å². The van der Waals surface area contributed by atoms with Crippen LogP contribution in [0.25, 0.3) is 11.1 Å². The van der Waals surface area contributed by atoms with Crippen LogP contribution in [-0.2, 0) is 0 Å². The van der Waals surface area contributed by atoms with Gasteiger partial charge in [0.15, 0.2) is 0 Å². The first-order chi connectivity index (χ1) is 11.1. The lowest BCUT2D eigenvalue weighted by molar-refractivity contribution is 0.0930. The largest absolute Gasteiger partial charge is 0.491 e. The average molecular weight is 309 g/mol. The molecule has 0 saturated carbocycles. The summed E-state index contributed by atoms with van der Waals surface area (Å²) in [6.45, 7) is 4.27. The SMILES string of the molecule is Cc1ccc2c(c1)[C@H](NC(=O)c1cnc3onc(C)c3c1)CO2. The topological polar surface area (TPSA) is 77.3 Å². The molecule has 6 nitrogen and oxygen atoms in total. The van der Waals surface area contributed by atoms with Crippen LogP contribution < -0.4 is 10.1 Å². The van der Waals surface area contributed by atoms with E-state index in [-0.39, 0.29) is 11.9 Å². The van der Waals surface area contributed by atoms with E-state index >= 15 is 0 Å². The normalized spacial score (nSPS) is 16.2. The predicted octanol–water partition coefficient (Wildman–Crippen LogP) is 2.70. The summed E-state index contributed by atoms with van der Waals surface area (Å²) in [5.41, 5.74) is 3.77. The first-order valence-electron chi connectivity index (χ1n) is 7.38. The number of rotatable bonds is 2. The fraction of sp³-hybridized carbons (Fsp3) is 0.235. The van der Waals surface area contributed by atoms with Crippen molar-refractivity contribution in [2.45, 2.75) is 19.9 Å². The van der Waals surface area contributed by atoms with Gasteiger partial charge < -0.3 is 14.6 Å². The van der Waals surface area contributed by atoms with Gasteiger partial charge in [0.1, 0.15) is 12.4 Å². The molecule has 23 heavy (non-hydrogen) atoms. The second-order valence-corrected chi connectivity index (χ2v) is 5.72. The van der Waals surface area contributed by atoms with Crippen LogP contribution in [0.2, 0.25) is 0 Å². The first kappa shape index (κ1) is 13.8. The summed E-state index contributed by atoms with van der Waals surface area (Å²) in [6.07, 6.45) is 1.50. The summed E-state index contributed by atoms with van der Waals surface area (Å²) in [6, 6.07) is 7.56. The highest BCUT2D eigenvalue weighted by Gasteiger charge is 2.26. The van der Waals surface area contributed by atoms with Crippen molar-refractivity contribution in [1.29, 1.82) is 0 Å². The van der Waals surface area contributed by atoms with Crippen LogP contribution in [0, 0.1) is 13.8 Å². The zero-order valence-corrected chi connectivity index (χ0v) is 12.8. The number of pyridine rings is 1. The number of aromatic nitrogens is 2. The maximum Gasteiger partial charge on any atom is 0.257 e. The molecule has 2 aromatic heterocycles. The van der Waals surface area contributed by atoms with E-state index in [4.69, 9.17) is 9.26 Å². The average Bonchev–Trinajstić information content (AvgIpc) is 3.11. The maximum atomic E-state index is 12.5. The molecular weight excluding hydrogens is 294 g/mol. The molecule has 0 aliphatic carbocycles. The highest BCUT2D eigenvalue weighted by Crippen LogP contribution is 2.33. The molecule has 1 aliphatic heterocycles. The van der Waals surface area contributed by atoms with Crippen molar-refractivity contribution in [3.8, 4) is 5.75 Å². The van der Waals surface area contributed by atoms with E-state index in [1.54, 1.807) is 6.07 Å². The van der Waals surface area contributed by atoms with Gasteiger partial charge in [-0.1, -0.05) is 22.9 Å². The lowest BCUT2D eigenvalue weighted by Gasteiger charge is -2.12. The molecular formula is C17H15N3O3. The molecule has 0 radical (unpaired) electrons. The van der Waals surface area contributed by atoms with Crippen LogP contribution in [0.1, 0.15) is 33.2 Å². The maximum absolute atomic E-state index is 12.5. The minimum Gasteiger partial charge on any atom is -0.491 e. The number of ether oxygens (including phenoxy) is 1. The number of nitrogens with one attached hydrogen (secondary N) is 1. The number of carbonyl (C=O) groups excluding carboxylic acids is 1. The van der Waals surface area contributed by atoms with Crippen LogP contribution in [0.5, 0.6) is 5.75 Å². The van der Waals surface area contributed by atoms with Crippen LogP contribution in [0.15, 0.2) is 35.0 Å². The summed E-state index contributed by atoms with van der Waals surface area (Å²) in [4.78, 5) is 16.6. The minimum atomic E-state index is -0.192. The van der Waals surface area contributed by atoms with Gasteiger partial charge >= 0.3 is 0 Å². The van der Waals surface area contributed by atoms with E-state index in [1.165, 1.54) is 6.20 Å². The molecule has 0 unspecified atom stereocenters. The number of fused-ring (bicyclic) bond motifs is 2. The molecule has 6 heteroatoms. The Morgan fingerprint density at radius 1 is 1.30 bits per heavy atom. The Morgan fingerprint density at radius 3 is 3.04 bits per heavy atom. The molecule has 1 atom stereocenters. The number of benzene rings is 1. The van der Waals surface area contributed by atoms with Gasteiger partial charge in [0, 0.05) is 11.8 Å². The second-order valence-electron chi connectivity index (χ2n) is 5.72. The fourth-order valence-corrected chi connectivity index (χ4v) is 2.76. The van der Waals surface area contributed by atoms with Crippen molar-refractivity contribution >= 4 is 17.0 Å². The fourth-order valence-electron chi connectivity index (χ4n) is 2.76. The van der Waals surface area contributed by atoms with Crippen molar-refractivity contribution in [2.75, 3.05) is 6.61 Å². The molecule has 1 N–H and O–H groups in total. The van der Waals surface area contributed by atoms with Gasteiger partial charge in [-0.15, -0.1) is 0 Å². The van der Waals surface area contributed by atoms with E-state index < -0.39 is 0 Å². The van der Waals surface area contributed by atoms with Gasteiger partial charge in [-0.2, -0.15) is 0 Å². The Kier molecular flexibility index (Phi) is 3.04. The summed E-state index contributed by atoms with van der Waals surface area (Å²) in [5, 5.41) is 7.60. The molecule has 1 amide bonds. The van der Waals surface area contributed by atoms with Crippen molar-refractivity contribution in [1.82, 2.24) is 15.5 Å². The molecule has 0 bridgehead atoms. The Labute approximate surface area is 132 Å². The Morgan fingerprint density at radius 2 is 2.17 bits per heavy atom. The van der Waals surface area contributed by atoms with E-state index in [9.17, 15) is 4.79 Å². The third-order valence-electron chi connectivity index (χ3n) is 4.02. The third kappa shape index (κ3) is 2.32. The number of amides is 1. The summed E-state index contributed by atoms with van der Waals surface area (Å²) in [5.74, 6) is 0.632. The van der Waals surface area contributed by atoms with Gasteiger partial charge in [0.25, 0.3) is 11.6 Å². The van der Waals surface area contributed by atoms with E-state index in [0.717, 1.165) is 22.3 Å². The minimum absolute atomic E-state index is 0.156. The van der Waals surface area contributed by atoms with Crippen LogP contribution in [0.4, 0.5) is 0 Å². The molecule has 0 saturated heterocycles. The van der Waals surface area contributed by atoms with Crippen molar-refractivity contribution in [3.05, 3.63) is 52.8 Å². The molecule has 0 spiro atoms. The number of hydrogen-bond donors (Lipinski definition) is 1. The summed E-state index contributed by atoms with van der Waals surface area (Å²) in [7, 11) is 0. The van der Waals surface area contributed by atoms with Crippen LogP contribution in [-0.4, -0.2) is 22.7 Å². The Hall–Kier alpha value is -2.89. The number of hydrogen-bond acceptors (Lipinski definition) is 5. The van der Waals surface area contributed by atoms with Crippen molar-refractivity contribution in [3.63, 3.8) is 0 Å². The number of carbonyl (C=O) groups is 1. The lowest BCUT2D eigenvalue weighted by atomic mass is 10.1. The van der Waals surface area contributed by atoms with E-state index in [0.29, 0.717) is 23.6 Å². The number of nitrogens with zero attached hydrogens (tertiary/aromatic N) is 2. The summed E-state index contributed by atoms with van der Waals surface area (Å²) >= 11 is 0. The molecule has 3 aromatic rings. The van der Waals surface area contributed by atoms with Gasteiger partial charge in [0.2, 0.25) is 0 Å². The standard InChI is InChI=1S/C17H15N3O3/c1-9-3-4-15-13(5-9)14(8-22-15)19-16(21)11-6-12-10(2)20-23-17(12)18-7-11/h3-7,14H,8H2,1-2H3,(H,19,21)/t14-/m1/s1. The molecule has 1 aliphatic rings. The zero-order valence-electron chi connectivity index (χ0n) is 12.8. The number of aryl methyl sites for hydroxylation is 2. The Balaban J connectivity index is 1.61. The highest BCUT2D eigenvalue weighted by atomic mass is 16.5. The van der Waals surface area contributed by atoms with Crippen molar-refractivity contribution < 1.29 is 14.1 Å². The van der Waals surface area contributed by atoms with E-state index in [1.807, 2.05) is 32.0 Å². The van der Waals surface area contributed by atoms with Gasteiger partial charge in [-0.25, -0.2) is 4.98 Å². The molecule has 116 valence electrons. The second kappa shape index (κ2) is 5.08. The quantitative estimate of drug-likeness (QED) is 0.787. The third-order valence-corrected chi connectivity index (χ3v) is 4.02. The molecule has 0 fully saturated rings. The summed E-state index contributed by atoms with van der Waals surface area (Å²) < 4.78 is 10.7. The molecule has 3 heterocycles. The lowest BCUT2D eigenvalue weighted by Crippen LogP contribution is -2.29. The van der Waals surface area contributed by atoms with Crippen molar-refractivity contribution in [2.24, 2.45) is 0 Å². The van der Waals surface area contributed by atoms with E-state index in [2.05, 4.69) is 15.5 Å². The molecule has 1 aromatic carbocycles. The van der Waals surface area contributed by atoms with Crippen LogP contribution in [0.3, 0.4) is 0 Å².